The summed E-state index contributed by atoms with van der Waals surface area (Å²) in [5, 5.41) is 4.47. The van der Waals surface area contributed by atoms with Crippen LogP contribution in [0.1, 0.15) is 12.5 Å². The molecule has 1 heterocycles. The number of likely N-dealkylation sites (N-methyl/N-ethyl adjacent to an activating group) is 1. The lowest BCUT2D eigenvalue weighted by Gasteiger charge is -2.10. The molecule has 1 unspecified atom stereocenters. The maximum Gasteiger partial charge on any atom is 0.134 e. The van der Waals surface area contributed by atoms with Crippen LogP contribution in [0.15, 0.2) is 34.9 Å². The molecule has 0 saturated carbocycles. The summed E-state index contributed by atoms with van der Waals surface area (Å²) < 4.78 is 5.35. The molecule has 0 aliphatic carbocycles. The standard InChI is InChI=1S/C12H15NO.ClH/c1-9(13-2)8-10-4-3-5-12-11(10)6-7-14-12;/h3-7,9,13H,8H2,1-2H3;1H. The maximum atomic E-state index is 5.35. The van der Waals surface area contributed by atoms with E-state index in [1.54, 1.807) is 6.26 Å². The molecule has 0 fully saturated rings. The van der Waals surface area contributed by atoms with Crippen LogP contribution < -0.4 is 5.32 Å². The second kappa shape index (κ2) is 5.19. The van der Waals surface area contributed by atoms with Gasteiger partial charge in [-0.3, -0.25) is 0 Å². The van der Waals surface area contributed by atoms with Gasteiger partial charge in [0.1, 0.15) is 5.58 Å². The molecule has 15 heavy (non-hydrogen) atoms. The van der Waals surface area contributed by atoms with Crippen LogP contribution in [0.3, 0.4) is 0 Å². The van der Waals surface area contributed by atoms with Gasteiger partial charge in [-0.15, -0.1) is 12.4 Å². The van der Waals surface area contributed by atoms with Gasteiger partial charge in [-0.1, -0.05) is 12.1 Å². The molecule has 1 N–H and O–H groups in total. The molecular formula is C12H16ClNO. The highest BCUT2D eigenvalue weighted by Crippen LogP contribution is 2.20. The fourth-order valence-electron chi connectivity index (χ4n) is 1.67. The van der Waals surface area contributed by atoms with Crippen LogP contribution in [0.2, 0.25) is 0 Å². The van der Waals surface area contributed by atoms with Crippen molar-refractivity contribution in [3.63, 3.8) is 0 Å². The fourth-order valence-corrected chi connectivity index (χ4v) is 1.67. The zero-order valence-electron chi connectivity index (χ0n) is 8.99. The number of fused-ring (bicyclic) bond motifs is 1. The van der Waals surface area contributed by atoms with E-state index >= 15 is 0 Å². The lowest BCUT2D eigenvalue weighted by atomic mass is 10.0. The van der Waals surface area contributed by atoms with Crippen LogP contribution in [0, 0.1) is 0 Å². The molecule has 1 aromatic heterocycles. The van der Waals surface area contributed by atoms with Gasteiger partial charge in [-0.25, -0.2) is 0 Å². The van der Waals surface area contributed by atoms with Crippen molar-refractivity contribution in [2.75, 3.05) is 7.05 Å². The van der Waals surface area contributed by atoms with Crippen molar-refractivity contribution in [1.82, 2.24) is 5.32 Å². The molecule has 0 saturated heterocycles. The van der Waals surface area contributed by atoms with Crippen LogP contribution in [0.25, 0.3) is 11.0 Å². The van der Waals surface area contributed by atoms with Crippen LogP contribution >= 0.6 is 12.4 Å². The quantitative estimate of drug-likeness (QED) is 0.869. The van der Waals surface area contributed by atoms with Crippen molar-refractivity contribution in [3.8, 4) is 0 Å². The number of rotatable bonds is 3. The number of hydrogen-bond acceptors (Lipinski definition) is 2. The number of hydrogen-bond donors (Lipinski definition) is 1. The molecule has 0 radical (unpaired) electrons. The molecule has 2 nitrogen and oxygen atoms in total. The highest BCUT2D eigenvalue weighted by Gasteiger charge is 2.05. The first-order chi connectivity index (χ1) is 6.81. The highest BCUT2D eigenvalue weighted by molar-refractivity contribution is 5.85. The maximum absolute atomic E-state index is 5.35. The molecule has 1 aromatic carbocycles. The van der Waals surface area contributed by atoms with Crippen LogP contribution in [0.5, 0.6) is 0 Å². The SMILES string of the molecule is CNC(C)Cc1cccc2occc12.Cl. The molecular weight excluding hydrogens is 210 g/mol. The molecule has 0 amide bonds. The minimum atomic E-state index is 0. The van der Waals surface area contributed by atoms with Crippen LogP contribution in [-0.2, 0) is 6.42 Å². The van der Waals surface area contributed by atoms with Crippen molar-refractivity contribution in [2.45, 2.75) is 19.4 Å². The van der Waals surface area contributed by atoms with Gasteiger partial charge in [0.25, 0.3) is 0 Å². The lowest BCUT2D eigenvalue weighted by Crippen LogP contribution is -2.23. The van der Waals surface area contributed by atoms with E-state index in [4.69, 9.17) is 4.42 Å². The molecule has 3 heteroatoms. The Morgan fingerprint density at radius 1 is 1.33 bits per heavy atom. The normalized spacial score (nSPS) is 12.4. The van der Waals surface area contributed by atoms with Crippen molar-refractivity contribution in [1.29, 1.82) is 0 Å². The topological polar surface area (TPSA) is 25.2 Å². The van der Waals surface area contributed by atoms with Crippen molar-refractivity contribution >= 4 is 23.4 Å². The second-order valence-corrected chi connectivity index (χ2v) is 3.64. The van der Waals surface area contributed by atoms with Crippen LogP contribution in [0.4, 0.5) is 0 Å². The number of nitrogens with one attached hydrogen (secondary N) is 1. The summed E-state index contributed by atoms with van der Waals surface area (Å²) in [7, 11) is 1.99. The largest absolute Gasteiger partial charge is 0.464 e. The molecule has 2 aromatic rings. The first-order valence-corrected chi connectivity index (χ1v) is 4.93. The Labute approximate surface area is 96.1 Å². The molecule has 82 valence electrons. The van der Waals surface area contributed by atoms with E-state index in [-0.39, 0.29) is 12.4 Å². The van der Waals surface area contributed by atoms with Gasteiger partial charge < -0.3 is 9.73 Å². The average Bonchev–Trinajstić information content (AvgIpc) is 2.66. The Balaban J connectivity index is 0.00000112. The zero-order chi connectivity index (χ0) is 9.97. The minimum absolute atomic E-state index is 0. The Morgan fingerprint density at radius 2 is 2.13 bits per heavy atom. The number of furan rings is 1. The molecule has 0 spiro atoms. The van der Waals surface area contributed by atoms with Crippen molar-refractivity contribution < 1.29 is 4.42 Å². The van der Waals surface area contributed by atoms with Gasteiger partial charge in [0.15, 0.2) is 0 Å². The van der Waals surface area contributed by atoms with E-state index in [2.05, 4.69) is 18.3 Å². The van der Waals surface area contributed by atoms with E-state index in [1.165, 1.54) is 10.9 Å². The minimum Gasteiger partial charge on any atom is -0.464 e. The van der Waals surface area contributed by atoms with E-state index in [9.17, 15) is 0 Å². The Hall–Kier alpha value is -0.990. The van der Waals surface area contributed by atoms with E-state index in [0.29, 0.717) is 6.04 Å². The molecule has 2 rings (SSSR count). The molecule has 0 bridgehead atoms. The van der Waals surface area contributed by atoms with Gasteiger partial charge in [-0.2, -0.15) is 0 Å². The summed E-state index contributed by atoms with van der Waals surface area (Å²) in [6.07, 6.45) is 2.78. The summed E-state index contributed by atoms with van der Waals surface area (Å²) in [5.74, 6) is 0. The predicted molar refractivity (Wildman–Crippen MR) is 65.7 cm³/mol. The Morgan fingerprint density at radius 3 is 2.87 bits per heavy atom. The second-order valence-electron chi connectivity index (χ2n) is 3.64. The molecule has 0 aliphatic heterocycles. The third-order valence-corrected chi connectivity index (χ3v) is 2.61. The number of halogens is 1. The monoisotopic (exact) mass is 225 g/mol. The third-order valence-electron chi connectivity index (χ3n) is 2.61. The van der Waals surface area contributed by atoms with E-state index in [0.717, 1.165) is 12.0 Å². The van der Waals surface area contributed by atoms with E-state index in [1.807, 2.05) is 25.2 Å². The zero-order valence-corrected chi connectivity index (χ0v) is 9.80. The Kier molecular flexibility index (Phi) is 4.18. The first-order valence-electron chi connectivity index (χ1n) is 4.93. The van der Waals surface area contributed by atoms with Gasteiger partial charge in [0.05, 0.1) is 6.26 Å². The third kappa shape index (κ3) is 2.52. The highest BCUT2D eigenvalue weighted by atomic mass is 35.5. The first kappa shape index (κ1) is 12.1. The summed E-state index contributed by atoms with van der Waals surface area (Å²) >= 11 is 0. The van der Waals surface area contributed by atoms with Crippen molar-refractivity contribution in [2.24, 2.45) is 0 Å². The number of benzene rings is 1. The lowest BCUT2D eigenvalue weighted by molar-refractivity contribution is 0.607. The summed E-state index contributed by atoms with van der Waals surface area (Å²) in [6, 6.07) is 8.74. The summed E-state index contributed by atoms with van der Waals surface area (Å²) in [4.78, 5) is 0. The van der Waals surface area contributed by atoms with E-state index < -0.39 is 0 Å². The molecule has 0 aliphatic rings. The predicted octanol–water partition coefficient (Wildman–Crippen LogP) is 3.01. The molecule has 1 atom stereocenters. The van der Waals surface area contributed by atoms with Gasteiger partial charge in [0, 0.05) is 11.4 Å². The summed E-state index contributed by atoms with van der Waals surface area (Å²) in [6.45, 7) is 2.18. The van der Waals surface area contributed by atoms with Gasteiger partial charge in [-0.05, 0) is 38.1 Å². The van der Waals surface area contributed by atoms with Crippen LogP contribution in [-0.4, -0.2) is 13.1 Å². The smallest absolute Gasteiger partial charge is 0.134 e. The summed E-state index contributed by atoms with van der Waals surface area (Å²) in [5.41, 5.74) is 2.32. The van der Waals surface area contributed by atoms with Gasteiger partial charge >= 0.3 is 0 Å². The fraction of sp³-hybridized carbons (Fsp3) is 0.333. The Bertz CT molecular complexity index is 424. The van der Waals surface area contributed by atoms with Gasteiger partial charge in [0.2, 0.25) is 0 Å². The average molecular weight is 226 g/mol. The van der Waals surface area contributed by atoms with Crippen molar-refractivity contribution in [3.05, 3.63) is 36.1 Å².